The van der Waals surface area contributed by atoms with Gasteiger partial charge in [-0.2, -0.15) is 20.4 Å². The van der Waals surface area contributed by atoms with E-state index in [9.17, 15) is 0 Å². The summed E-state index contributed by atoms with van der Waals surface area (Å²) in [6, 6.07) is 62.3. The summed E-state index contributed by atoms with van der Waals surface area (Å²) in [6.45, 7) is 0. The Morgan fingerprint density at radius 1 is 0.381 bits per heavy atom. The third-order valence-electron chi connectivity index (χ3n) is 10.8. The topological polar surface area (TPSA) is 86.5 Å². The third kappa shape index (κ3) is 9.29. The normalized spacial score (nSPS) is 11.9. The minimum atomic E-state index is 0.838. The van der Waals surface area contributed by atoms with Gasteiger partial charge in [-0.15, -0.1) is 0 Å². The zero-order valence-electron chi connectivity index (χ0n) is 34.4. The summed E-state index contributed by atoms with van der Waals surface area (Å²) in [5, 5.41) is 22.5. The molecule has 6 aromatic carbocycles. The molecule has 0 unspecified atom stereocenters. The van der Waals surface area contributed by atoms with Crippen LogP contribution in [0.15, 0.2) is 211 Å². The van der Waals surface area contributed by atoms with Crippen LogP contribution in [0.1, 0.15) is 22.8 Å². The van der Waals surface area contributed by atoms with Gasteiger partial charge in [0.1, 0.15) is 0 Å². The molecular formula is C52H43BrN10. The van der Waals surface area contributed by atoms with E-state index in [0.29, 0.717) is 0 Å². The van der Waals surface area contributed by atoms with Crippen molar-refractivity contribution in [2.75, 3.05) is 10.2 Å². The number of aryl methyl sites for hydroxylation is 4. The lowest BCUT2D eigenvalue weighted by Gasteiger charge is -2.26. The number of benzene rings is 6. The van der Waals surface area contributed by atoms with Crippen LogP contribution in [0.5, 0.6) is 0 Å². The smallest absolute Gasteiger partial charge is 0.0666 e. The van der Waals surface area contributed by atoms with E-state index in [2.05, 4.69) is 160 Å². The predicted octanol–water partition coefficient (Wildman–Crippen LogP) is 12.0. The Morgan fingerprint density at radius 2 is 0.810 bits per heavy atom. The van der Waals surface area contributed by atoms with Crippen LogP contribution in [0.2, 0.25) is 0 Å². The number of nitrogens with one attached hydrogen (secondary N) is 1. The molecule has 1 aliphatic rings. The van der Waals surface area contributed by atoms with E-state index in [1.807, 2.05) is 92.0 Å². The molecule has 1 N–H and O–H groups in total. The second-order valence-electron chi connectivity index (χ2n) is 15.2. The highest BCUT2D eigenvalue weighted by molar-refractivity contribution is 9.10. The molecule has 1 aliphatic heterocycles. The fourth-order valence-electron chi connectivity index (χ4n) is 7.67. The van der Waals surface area contributed by atoms with Gasteiger partial charge >= 0.3 is 0 Å². The molecule has 63 heavy (non-hydrogen) atoms. The predicted molar refractivity (Wildman–Crippen MR) is 255 cm³/mol. The Balaban J connectivity index is 0.000000150. The van der Waals surface area contributed by atoms with E-state index >= 15 is 0 Å². The van der Waals surface area contributed by atoms with E-state index in [1.54, 1.807) is 0 Å². The van der Waals surface area contributed by atoms with Crippen molar-refractivity contribution >= 4 is 44.4 Å². The molecule has 8 bridgehead atoms. The van der Waals surface area contributed by atoms with Gasteiger partial charge in [-0.3, -0.25) is 0 Å². The third-order valence-corrected chi connectivity index (χ3v) is 11.3. The highest BCUT2D eigenvalue weighted by Gasteiger charge is 2.16. The van der Waals surface area contributed by atoms with Gasteiger partial charge in [0.15, 0.2) is 0 Å². The number of anilines is 5. The van der Waals surface area contributed by atoms with Crippen LogP contribution in [0, 0.1) is 0 Å². The number of aromatic nitrogens is 8. The Labute approximate surface area is 374 Å². The molecular weight excluding hydrogens is 845 g/mol. The fourth-order valence-corrected chi connectivity index (χ4v) is 8.06. The fraction of sp³-hybridized carbons (Fsp3) is 0.0769. The lowest BCUT2D eigenvalue weighted by Crippen LogP contribution is -2.11. The van der Waals surface area contributed by atoms with E-state index in [1.165, 1.54) is 0 Å². The Kier molecular flexibility index (Phi) is 11.3. The van der Waals surface area contributed by atoms with Gasteiger partial charge in [-0.25, -0.2) is 18.7 Å². The van der Waals surface area contributed by atoms with Gasteiger partial charge in [0.05, 0.1) is 45.5 Å². The highest BCUT2D eigenvalue weighted by Crippen LogP contribution is 2.36. The first-order chi connectivity index (χ1) is 31.1. The van der Waals surface area contributed by atoms with Crippen LogP contribution in [-0.2, 0) is 25.7 Å². The summed E-state index contributed by atoms with van der Waals surface area (Å²) in [6.07, 6.45) is 11.5. The average Bonchev–Trinajstić information content (AvgIpc) is 4.18. The van der Waals surface area contributed by atoms with Crippen LogP contribution < -0.4 is 10.2 Å². The van der Waals surface area contributed by atoms with Gasteiger partial charge in [0.2, 0.25) is 0 Å². The molecule has 0 atom stereocenters. The molecule has 11 heteroatoms. The highest BCUT2D eigenvalue weighted by atomic mass is 79.9. The van der Waals surface area contributed by atoms with Crippen LogP contribution >= 0.6 is 15.9 Å². The minimum Gasteiger partial charge on any atom is -0.355 e. The molecule has 0 saturated carbocycles. The van der Waals surface area contributed by atoms with Gasteiger partial charge in [0.25, 0.3) is 0 Å². The molecule has 4 aromatic heterocycles. The Morgan fingerprint density at radius 3 is 1.38 bits per heavy atom. The van der Waals surface area contributed by atoms with Gasteiger partial charge in [-0.1, -0.05) is 76.6 Å². The molecule has 0 amide bonds. The van der Waals surface area contributed by atoms with Crippen molar-refractivity contribution in [2.24, 2.45) is 0 Å². The summed E-state index contributed by atoms with van der Waals surface area (Å²) in [5.41, 5.74) is 13.7. The van der Waals surface area contributed by atoms with Crippen molar-refractivity contribution in [3.63, 3.8) is 0 Å². The maximum Gasteiger partial charge on any atom is 0.0666 e. The van der Waals surface area contributed by atoms with E-state index in [0.717, 1.165) is 104 Å². The molecule has 0 saturated heterocycles. The van der Waals surface area contributed by atoms with Crippen molar-refractivity contribution < 1.29 is 0 Å². The van der Waals surface area contributed by atoms with E-state index in [-0.39, 0.29) is 0 Å². The van der Waals surface area contributed by atoms with Crippen molar-refractivity contribution in [3.8, 4) is 22.7 Å². The van der Waals surface area contributed by atoms with Gasteiger partial charge in [0, 0.05) is 57.7 Å². The number of rotatable bonds is 8. The number of nitrogens with zero attached hydrogens (tertiary/aromatic N) is 9. The minimum absolute atomic E-state index is 0.838. The molecule has 10 aromatic rings. The van der Waals surface area contributed by atoms with Crippen LogP contribution in [0.25, 0.3) is 22.7 Å². The first kappa shape index (κ1) is 39.4. The summed E-state index contributed by atoms with van der Waals surface area (Å²) in [5.74, 6) is 0. The summed E-state index contributed by atoms with van der Waals surface area (Å²) >= 11 is 3.51. The SMILES string of the molecule is Brc1cccc(-n2ccc(CCc3ccn(-c4cccc(Nc5ccccc5)c4)n3)n2)c1.c1ccc(N2c3cccc(c3)-n3ccc(n3)CCc3ccn(n3)-c3cccc2c3)cc1. The number of para-hydroxylation sites is 2. The molecule has 308 valence electrons. The Bertz CT molecular complexity index is 3010. The lowest BCUT2D eigenvalue weighted by molar-refractivity contribution is 0.785. The largest absolute Gasteiger partial charge is 0.355 e. The molecule has 0 spiro atoms. The first-order valence-corrected chi connectivity index (χ1v) is 21.8. The van der Waals surface area contributed by atoms with E-state index in [4.69, 9.17) is 20.4 Å². The molecule has 10 nitrogen and oxygen atoms in total. The zero-order chi connectivity index (χ0) is 42.4. The van der Waals surface area contributed by atoms with Crippen LogP contribution in [0.4, 0.5) is 28.4 Å². The molecule has 0 radical (unpaired) electrons. The number of fused-ring (bicyclic) bond motifs is 10. The lowest BCUT2D eigenvalue weighted by atomic mass is 10.1. The maximum atomic E-state index is 4.81. The van der Waals surface area contributed by atoms with Gasteiger partial charge < -0.3 is 10.2 Å². The van der Waals surface area contributed by atoms with Crippen LogP contribution in [-0.4, -0.2) is 39.1 Å². The standard InChI is InChI=1S/C26H22BrN5.C26H21N5/c27-20-6-4-10-25(18-20)31-16-14-22(29-31)12-13-23-15-17-32(30-23)26-11-5-9-24(19-26)28-21-7-2-1-3-8-21;1-2-6-22(7-3-1)31-25-10-4-8-23(18-25)29-16-14-20(27-29)12-13-21-15-17-30(28-21)24-9-5-11-26(31)19-24/h1-11,14-19,28H,12-13H2;1-11,14-19H,12-13H2. The molecule has 5 heterocycles. The van der Waals surface area contributed by atoms with Crippen LogP contribution in [0.3, 0.4) is 0 Å². The van der Waals surface area contributed by atoms with Crippen molar-refractivity contribution in [1.82, 2.24) is 39.1 Å². The summed E-state index contributed by atoms with van der Waals surface area (Å²) in [7, 11) is 0. The Hall–Kier alpha value is -7.76. The van der Waals surface area contributed by atoms with Crippen molar-refractivity contribution in [1.29, 1.82) is 0 Å². The van der Waals surface area contributed by atoms with Crippen molar-refractivity contribution in [3.05, 3.63) is 234 Å². The second kappa shape index (κ2) is 18.1. The average molecular weight is 888 g/mol. The molecule has 0 fully saturated rings. The summed E-state index contributed by atoms with van der Waals surface area (Å²) in [4.78, 5) is 2.27. The monoisotopic (exact) mass is 886 g/mol. The quantitative estimate of drug-likeness (QED) is 0.164. The maximum absolute atomic E-state index is 4.81. The molecule has 11 rings (SSSR count). The first-order valence-electron chi connectivity index (χ1n) is 21.0. The number of hydrogen-bond donors (Lipinski definition) is 1. The zero-order valence-corrected chi connectivity index (χ0v) is 35.9. The number of hydrogen-bond acceptors (Lipinski definition) is 6. The summed E-state index contributed by atoms with van der Waals surface area (Å²) < 4.78 is 8.78. The molecule has 0 aliphatic carbocycles. The van der Waals surface area contributed by atoms with Gasteiger partial charge in [-0.05, 0) is 147 Å². The van der Waals surface area contributed by atoms with Crippen molar-refractivity contribution in [2.45, 2.75) is 25.7 Å². The second-order valence-corrected chi connectivity index (χ2v) is 16.2. The number of halogens is 1. The van der Waals surface area contributed by atoms with E-state index < -0.39 is 0 Å².